The molecular weight excluding hydrogens is 503 g/mol. The van der Waals surface area contributed by atoms with Crippen LogP contribution in [0.3, 0.4) is 0 Å². The van der Waals surface area contributed by atoms with Crippen molar-refractivity contribution in [3.05, 3.63) is 29.3 Å². The van der Waals surface area contributed by atoms with Gasteiger partial charge in [-0.2, -0.15) is 0 Å². The summed E-state index contributed by atoms with van der Waals surface area (Å²) in [4.78, 5) is 7.39. The topological polar surface area (TPSA) is 58.1 Å². The molecule has 6 nitrogen and oxygen atoms in total. The molecule has 0 amide bonds. The van der Waals surface area contributed by atoms with Crippen molar-refractivity contribution >= 4 is 29.9 Å². The maximum Gasteiger partial charge on any atom is 0.191 e. The van der Waals surface area contributed by atoms with Gasteiger partial charge in [-0.25, -0.2) is 4.99 Å². The molecule has 31 heavy (non-hydrogen) atoms. The first-order chi connectivity index (χ1) is 14.7. The zero-order valence-corrected chi connectivity index (χ0v) is 21.7. The van der Waals surface area contributed by atoms with E-state index >= 15 is 0 Å². The smallest absolute Gasteiger partial charge is 0.191 e. The fourth-order valence-corrected chi connectivity index (χ4v) is 4.03. The van der Waals surface area contributed by atoms with Crippen molar-refractivity contribution in [1.82, 2.24) is 15.5 Å². The molecule has 1 atom stereocenters. The summed E-state index contributed by atoms with van der Waals surface area (Å²) < 4.78 is 11.6. The van der Waals surface area contributed by atoms with Crippen LogP contribution in [-0.2, 0) is 11.3 Å². The van der Waals surface area contributed by atoms with Gasteiger partial charge < -0.3 is 25.0 Å². The van der Waals surface area contributed by atoms with Crippen molar-refractivity contribution in [1.29, 1.82) is 0 Å². The standard InChI is InChI=1S/C24H40N4O2.HI/c1-3-25-24(26-11-4-5-12-28-13-6-7-14-28)27-17-22-9-8-20(2)16-23(22)30-19-21-10-15-29-18-21;/h8-9,16,21H,3-7,10-15,17-19H2,1-2H3,(H2,25,26,27);1H. The van der Waals surface area contributed by atoms with E-state index in [9.17, 15) is 0 Å². The lowest BCUT2D eigenvalue weighted by Crippen LogP contribution is -2.38. The minimum absolute atomic E-state index is 0. The lowest BCUT2D eigenvalue weighted by molar-refractivity contribution is 0.166. The molecule has 0 radical (unpaired) electrons. The Morgan fingerprint density at radius 2 is 2.06 bits per heavy atom. The van der Waals surface area contributed by atoms with Crippen molar-refractivity contribution in [2.45, 2.75) is 52.5 Å². The Balaban J connectivity index is 0.00000341. The highest BCUT2D eigenvalue weighted by molar-refractivity contribution is 14.0. The van der Waals surface area contributed by atoms with Crippen LogP contribution in [0.1, 0.15) is 50.2 Å². The molecule has 176 valence electrons. The third kappa shape index (κ3) is 9.53. The molecule has 0 spiro atoms. The average Bonchev–Trinajstić information content (AvgIpc) is 3.45. The number of aryl methyl sites for hydroxylation is 1. The Kier molecular flexibility index (Phi) is 12.6. The number of unbranched alkanes of at least 4 members (excludes halogenated alkanes) is 1. The molecule has 1 unspecified atom stereocenters. The van der Waals surface area contributed by atoms with Crippen LogP contribution in [0.2, 0.25) is 0 Å². The summed E-state index contributed by atoms with van der Waals surface area (Å²) in [7, 11) is 0. The lowest BCUT2D eigenvalue weighted by atomic mass is 10.1. The first kappa shape index (κ1) is 26.2. The van der Waals surface area contributed by atoms with Crippen molar-refractivity contribution < 1.29 is 9.47 Å². The summed E-state index contributed by atoms with van der Waals surface area (Å²) in [5.74, 6) is 2.34. The molecule has 2 N–H and O–H groups in total. The van der Waals surface area contributed by atoms with Crippen molar-refractivity contribution in [3.63, 3.8) is 0 Å². The number of hydrogen-bond acceptors (Lipinski definition) is 4. The first-order valence-corrected chi connectivity index (χ1v) is 11.8. The summed E-state index contributed by atoms with van der Waals surface area (Å²) in [5, 5.41) is 6.85. The fourth-order valence-electron chi connectivity index (χ4n) is 4.03. The van der Waals surface area contributed by atoms with Crippen LogP contribution in [0.5, 0.6) is 5.75 Å². The van der Waals surface area contributed by atoms with Gasteiger partial charge in [-0.15, -0.1) is 24.0 Å². The van der Waals surface area contributed by atoms with E-state index in [-0.39, 0.29) is 24.0 Å². The Morgan fingerprint density at radius 3 is 2.81 bits per heavy atom. The molecule has 0 aromatic heterocycles. The highest BCUT2D eigenvalue weighted by Crippen LogP contribution is 2.23. The summed E-state index contributed by atoms with van der Waals surface area (Å²) in [6.07, 6.45) is 6.24. The third-order valence-corrected chi connectivity index (χ3v) is 5.87. The van der Waals surface area contributed by atoms with Crippen LogP contribution in [-0.4, -0.2) is 63.4 Å². The molecule has 2 aliphatic rings. The Bertz CT molecular complexity index is 659. The minimum Gasteiger partial charge on any atom is -0.493 e. The van der Waals surface area contributed by atoms with E-state index in [0.29, 0.717) is 12.5 Å². The molecule has 2 aliphatic heterocycles. The van der Waals surface area contributed by atoms with E-state index in [1.807, 2.05) is 0 Å². The minimum atomic E-state index is 0. The van der Waals surface area contributed by atoms with Crippen molar-refractivity contribution in [3.8, 4) is 5.75 Å². The van der Waals surface area contributed by atoms with Crippen molar-refractivity contribution in [2.24, 2.45) is 10.9 Å². The highest BCUT2D eigenvalue weighted by Gasteiger charge is 2.17. The zero-order chi connectivity index (χ0) is 21.0. The number of halogens is 1. The number of ether oxygens (including phenoxy) is 2. The number of likely N-dealkylation sites (tertiary alicyclic amines) is 1. The SMILES string of the molecule is CCNC(=NCc1ccc(C)cc1OCC1CCOC1)NCCCCN1CCCC1.I. The second-order valence-electron chi connectivity index (χ2n) is 8.53. The summed E-state index contributed by atoms with van der Waals surface area (Å²) in [6.45, 7) is 12.8. The molecule has 0 aliphatic carbocycles. The second kappa shape index (κ2) is 14.9. The van der Waals surface area contributed by atoms with Gasteiger partial charge in [0.2, 0.25) is 0 Å². The van der Waals surface area contributed by atoms with Gasteiger partial charge in [-0.3, -0.25) is 0 Å². The van der Waals surface area contributed by atoms with Gasteiger partial charge in [0.1, 0.15) is 5.75 Å². The summed E-state index contributed by atoms with van der Waals surface area (Å²) in [5.41, 5.74) is 2.34. The van der Waals surface area contributed by atoms with Gasteiger partial charge in [-0.1, -0.05) is 12.1 Å². The molecule has 1 aromatic rings. The van der Waals surface area contributed by atoms with Crippen molar-refractivity contribution in [2.75, 3.05) is 52.5 Å². The third-order valence-electron chi connectivity index (χ3n) is 5.87. The Hall–Kier alpha value is -1.06. The number of hydrogen-bond donors (Lipinski definition) is 2. The number of aliphatic imine (C=N–C) groups is 1. The molecule has 7 heteroatoms. The molecule has 3 rings (SSSR count). The van der Waals surface area contributed by atoms with Gasteiger partial charge >= 0.3 is 0 Å². The van der Waals surface area contributed by atoms with E-state index < -0.39 is 0 Å². The monoisotopic (exact) mass is 544 g/mol. The molecular formula is C24H41IN4O2. The van der Waals surface area contributed by atoms with E-state index in [0.717, 1.165) is 56.6 Å². The predicted molar refractivity (Wildman–Crippen MR) is 139 cm³/mol. The molecule has 2 fully saturated rings. The van der Waals surface area contributed by atoms with E-state index in [1.165, 1.54) is 50.9 Å². The number of guanidine groups is 1. The number of nitrogens with one attached hydrogen (secondary N) is 2. The molecule has 2 saturated heterocycles. The Morgan fingerprint density at radius 1 is 1.23 bits per heavy atom. The average molecular weight is 545 g/mol. The van der Waals surface area contributed by atoms with Gasteiger partial charge in [0.05, 0.1) is 19.8 Å². The van der Waals surface area contributed by atoms with Crippen LogP contribution in [0.25, 0.3) is 0 Å². The molecule has 2 heterocycles. The zero-order valence-electron chi connectivity index (χ0n) is 19.3. The Labute approximate surface area is 205 Å². The number of nitrogens with zero attached hydrogens (tertiary/aromatic N) is 2. The quantitative estimate of drug-likeness (QED) is 0.191. The van der Waals surface area contributed by atoms with E-state index in [1.54, 1.807) is 0 Å². The fraction of sp³-hybridized carbons (Fsp3) is 0.708. The van der Waals surface area contributed by atoms with E-state index in [2.05, 4.69) is 47.6 Å². The maximum atomic E-state index is 6.16. The van der Waals surface area contributed by atoms with Crippen LogP contribution >= 0.6 is 24.0 Å². The second-order valence-corrected chi connectivity index (χ2v) is 8.53. The molecule has 0 saturated carbocycles. The van der Waals surface area contributed by atoms with Gasteiger partial charge in [-0.05, 0) is 77.2 Å². The van der Waals surface area contributed by atoms with E-state index in [4.69, 9.17) is 14.5 Å². The first-order valence-electron chi connectivity index (χ1n) is 11.8. The molecule has 1 aromatic carbocycles. The van der Waals surface area contributed by atoms with Crippen LogP contribution < -0.4 is 15.4 Å². The van der Waals surface area contributed by atoms with Crippen LogP contribution in [0, 0.1) is 12.8 Å². The molecule has 0 bridgehead atoms. The van der Waals surface area contributed by atoms with Crippen LogP contribution in [0.4, 0.5) is 0 Å². The van der Waals surface area contributed by atoms with Gasteiger partial charge in [0, 0.05) is 31.2 Å². The highest BCUT2D eigenvalue weighted by atomic mass is 127. The van der Waals surface area contributed by atoms with Gasteiger partial charge in [0.15, 0.2) is 5.96 Å². The summed E-state index contributed by atoms with van der Waals surface area (Å²) in [6, 6.07) is 6.40. The summed E-state index contributed by atoms with van der Waals surface area (Å²) >= 11 is 0. The maximum absolute atomic E-state index is 6.16. The van der Waals surface area contributed by atoms with Crippen LogP contribution in [0.15, 0.2) is 23.2 Å². The predicted octanol–water partition coefficient (Wildman–Crippen LogP) is 3.96. The lowest BCUT2D eigenvalue weighted by Gasteiger charge is -2.16. The number of rotatable bonds is 11. The largest absolute Gasteiger partial charge is 0.493 e. The normalized spacial score (nSPS) is 19.3. The van der Waals surface area contributed by atoms with Gasteiger partial charge in [0.25, 0.3) is 0 Å². The number of benzene rings is 1.